The number of hydroxylamine groups is 1. The Kier molecular flexibility index (Phi) is 4.54. The van der Waals surface area contributed by atoms with Gasteiger partial charge in [0.25, 0.3) is 0 Å². The van der Waals surface area contributed by atoms with E-state index in [0.717, 1.165) is 0 Å². The molecule has 0 fully saturated rings. The van der Waals surface area contributed by atoms with Crippen LogP contribution in [0, 0.1) is 5.21 Å². The van der Waals surface area contributed by atoms with Crippen LogP contribution in [0.15, 0.2) is 23.1 Å². The van der Waals surface area contributed by atoms with E-state index in [1.165, 1.54) is 18.3 Å². The van der Waals surface area contributed by atoms with Gasteiger partial charge in [-0.2, -0.15) is 0 Å². The Hall–Kier alpha value is -1.07. The average Bonchev–Trinajstić information content (AvgIpc) is 2.31. The van der Waals surface area contributed by atoms with E-state index in [1.807, 2.05) is 0 Å². The van der Waals surface area contributed by atoms with Gasteiger partial charge in [0.2, 0.25) is 0 Å². The van der Waals surface area contributed by atoms with Gasteiger partial charge in [-0.15, -0.1) is 0 Å². The predicted octanol–water partition coefficient (Wildman–Crippen LogP) is 2.08. The zero-order valence-electron chi connectivity index (χ0n) is 9.68. The molecule has 0 spiro atoms. The van der Waals surface area contributed by atoms with Gasteiger partial charge >= 0.3 is 0 Å². The van der Waals surface area contributed by atoms with Crippen molar-refractivity contribution < 1.29 is 13.2 Å². The number of benzene rings is 1. The van der Waals surface area contributed by atoms with Crippen LogP contribution in [0.3, 0.4) is 0 Å². The first kappa shape index (κ1) is 14.0. The highest BCUT2D eigenvalue weighted by atomic mass is 35.5. The SMILES string of the molecule is CC/[N+]([O-])=C/c1ccc(Cl)cc1S(=O)(=O)CC. The van der Waals surface area contributed by atoms with E-state index in [1.54, 1.807) is 19.9 Å². The van der Waals surface area contributed by atoms with Crippen LogP contribution < -0.4 is 0 Å². The van der Waals surface area contributed by atoms with Gasteiger partial charge in [0, 0.05) is 5.02 Å². The summed E-state index contributed by atoms with van der Waals surface area (Å²) in [4.78, 5) is 0.0989. The predicted molar refractivity (Wildman–Crippen MR) is 68.5 cm³/mol. The Morgan fingerprint density at radius 3 is 2.59 bits per heavy atom. The number of halogens is 1. The summed E-state index contributed by atoms with van der Waals surface area (Å²) < 4.78 is 24.4. The molecule has 0 radical (unpaired) electrons. The standard InChI is InChI=1S/C11H14ClNO3S/c1-3-13(14)8-9-5-6-10(12)7-11(9)17(15,16)4-2/h5-8H,3-4H2,1-2H3/b13-8-. The molecule has 0 saturated carbocycles. The highest BCUT2D eigenvalue weighted by Gasteiger charge is 2.17. The molecule has 94 valence electrons. The molecule has 6 heteroatoms. The van der Waals surface area contributed by atoms with Gasteiger partial charge in [0.1, 0.15) is 0 Å². The van der Waals surface area contributed by atoms with Crippen LogP contribution in [-0.4, -0.2) is 31.7 Å². The first-order valence-corrected chi connectivity index (χ1v) is 7.24. The lowest BCUT2D eigenvalue weighted by Gasteiger charge is -2.06. The topological polar surface area (TPSA) is 60.2 Å². The summed E-state index contributed by atoms with van der Waals surface area (Å²) in [5.41, 5.74) is 0.369. The lowest BCUT2D eigenvalue weighted by atomic mass is 10.2. The minimum atomic E-state index is -3.39. The molecule has 0 aliphatic carbocycles. The monoisotopic (exact) mass is 275 g/mol. The summed E-state index contributed by atoms with van der Waals surface area (Å²) in [6, 6.07) is 4.47. The number of hydrogen-bond donors (Lipinski definition) is 0. The van der Waals surface area contributed by atoms with Gasteiger partial charge in [-0.05, 0) is 25.1 Å². The third-order valence-electron chi connectivity index (χ3n) is 2.29. The molecular weight excluding hydrogens is 262 g/mol. The average molecular weight is 276 g/mol. The van der Waals surface area contributed by atoms with Crippen molar-refractivity contribution in [1.82, 2.24) is 0 Å². The molecular formula is C11H14ClNO3S. The second-order valence-corrected chi connectivity index (χ2v) is 6.13. The van der Waals surface area contributed by atoms with Crippen LogP contribution in [-0.2, 0) is 9.84 Å². The van der Waals surface area contributed by atoms with Crippen molar-refractivity contribution in [2.75, 3.05) is 12.3 Å². The first-order chi connectivity index (χ1) is 7.90. The summed E-state index contributed by atoms with van der Waals surface area (Å²) in [6.45, 7) is 3.50. The molecule has 0 atom stereocenters. The Bertz CT molecular complexity index is 538. The number of rotatable bonds is 4. The van der Waals surface area contributed by atoms with Crippen LogP contribution in [0.2, 0.25) is 5.02 Å². The van der Waals surface area contributed by atoms with Crippen molar-refractivity contribution in [2.24, 2.45) is 0 Å². The summed E-state index contributed by atoms with van der Waals surface area (Å²) >= 11 is 5.78. The Morgan fingerprint density at radius 1 is 1.41 bits per heavy atom. The van der Waals surface area contributed by atoms with Gasteiger partial charge in [0.05, 0.1) is 16.2 Å². The maximum absolute atomic E-state index is 11.8. The molecule has 17 heavy (non-hydrogen) atoms. The van der Waals surface area contributed by atoms with Gasteiger partial charge < -0.3 is 5.21 Å². The highest BCUT2D eigenvalue weighted by molar-refractivity contribution is 7.91. The molecule has 0 N–H and O–H groups in total. The van der Waals surface area contributed by atoms with E-state index >= 15 is 0 Å². The molecule has 1 aromatic rings. The van der Waals surface area contributed by atoms with Gasteiger partial charge in [-0.3, -0.25) is 0 Å². The summed E-state index contributed by atoms with van der Waals surface area (Å²) in [5, 5.41) is 11.6. The fourth-order valence-electron chi connectivity index (χ4n) is 1.29. The van der Waals surface area contributed by atoms with E-state index in [0.29, 0.717) is 15.3 Å². The molecule has 0 unspecified atom stereocenters. The minimum absolute atomic E-state index is 0.0286. The molecule has 0 heterocycles. The van der Waals surface area contributed by atoms with E-state index in [4.69, 9.17) is 11.6 Å². The smallest absolute Gasteiger partial charge is 0.183 e. The van der Waals surface area contributed by atoms with Crippen LogP contribution >= 0.6 is 11.6 Å². The first-order valence-electron chi connectivity index (χ1n) is 5.21. The minimum Gasteiger partial charge on any atom is -0.624 e. The lowest BCUT2D eigenvalue weighted by Crippen LogP contribution is -2.11. The third-order valence-corrected chi connectivity index (χ3v) is 4.30. The van der Waals surface area contributed by atoms with E-state index in [2.05, 4.69) is 0 Å². The fraction of sp³-hybridized carbons (Fsp3) is 0.364. The lowest BCUT2D eigenvalue weighted by molar-refractivity contribution is -0.447. The van der Waals surface area contributed by atoms with Crippen molar-refractivity contribution in [2.45, 2.75) is 18.7 Å². The number of hydrogen-bond acceptors (Lipinski definition) is 3. The number of nitrogens with zero attached hydrogens (tertiary/aromatic N) is 1. The van der Waals surface area contributed by atoms with Crippen LogP contribution in [0.5, 0.6) is 0 Å². The van der Waals surface area contributed by atoms with Crippen LogP contribution in [0.1, 0.15) is 19.4 Å². The van der Waals surface area contributed by atoms with E-state index < -0.39 is 9.84 Å². The van der Waals surface area contributed by atoms with Crippen molar-refractivity contribution in [3.8, 4) is 0 Å². The van der Waals surface area contributed by atoms with Gasteiger partial charge in [-0.25, -0.2) is 13.2 Å². The summed E-state index contributed by atoms with van der Waals surface area (Å²) in [7, 11) is -3.39. The molecule has 1 rings (SSSR count). The van der Waals surface area contributed by atoms with Crippen molar-refractivity contribution in [1.29, 1.82) is 0 Å². The van der Waals surface area contributed by atoms with Gasteiger partial charge in [-0.1, -0.05) is 18.5 Å². The fourth-order valence-corrected chi connectivity index (χ4v) is 2.62. The molecule has 0 aromatic heterocycles. The van der Waals surface area contributed by atoms with E-state index in [-0.39, 0.29) is 17.2 Å². The van der Waals surface area contributed by atoms with Crippen molar-refractivity contribution >= 4 is 27.7 Å². The molecule has 0 saturated heterocycles. The normalized spacial score (nSPS) is 12.8. The zero-order chi connectivity index (χ0) is 13.1. The summed E-state index contributed by atoms with van der Waals surface area (Å²) in [5.74, 6) is -0.0286. The largest absolute Gasteiger partial charge is 0.624 e. The second-order valence-electron chi connectivity index (χ2n) is 3.45. The number of sulfone groups is 1. The molecule has 4 nitrogen and oxygen atoms in total. The summed E-state index contributed by atoms with van der Waals surface area (Å²) in [6.07, 6.45) is 1.26. The van der Waals surface area contributed by atoms with Crippen molar-refractivity contribution in [3.63, 3.8) is 0 Å². The molecule has 1 aromatic carbocycles. The van der Waals surface area contributed by atoms with Gasteiger partial charge in [0.15, 0.2) is 22.6 Å². The zero-order valence-corrected chi connectivity index (χ0v) is 11.3. The maximum Gasteiger partial charge on any atom is 0.183 e. The molecule has 0 aliphatic heterocycles. The quantitative estimate of drug-likeness (QED) is 0.366. The highest BCUT2D eigenvalue weighted by Crippen LogP contribution is 2.20. The van der Waals surface area contributed by atoms with Crippen LogP contribution in [0.4, 0.5) is 0 Å². The maximum atomic E-state index is 11.8. The molecule has 0 bridgehead atoms. The Balaban J connectivity index is 3.42. The molecule has 0 amide bonds. The molecule has 0 aliphatic rings. The second kappa shape index (κ2) is 5.51. The Labute approximate surface area is 106 Å². The Morgan fingerprint density at radius 2 is 2.06 bits per heavy atom. The van der Waals surface area contributed by atoms with Crippen LogP contribution in [0.25, 0.3) is 0 Å². The van der Waals surface area contributed by atoms with E-state index in [9.17, 15) is 13.6 Å². The van der Waals surface area contributed by atoms with Crippen molar-refractivity contribution in [3.05, 3.63) is 34.0 Å². The third kappa shape index (κ3) is 3.44.